The summed E-state index contributed by atoms with van der Waals surface area (Å²) in [6.07, 6.45) is 3.36. The maximum Gasteiger partial charge on any atom is 0.272 e. The number of unbranched alkanes of at least 4 members (excludes halogenated alkanes) is 1. The molecule has 4 aromatic rings. The second-order valence-corrected chi connectivity index (χ2v) is 8.14. The molecular weight excluding hydrogens is 386 g/mol. The number of hydrogen-bond acceptors (Lipinski definition) is 5. The highest BCUT2D eigenvalue weighted by molar-refractivity contribution is 6.04. The maximum atomic E-state index is 4.98. The number of para-hydroxylation sites is 1. The van der Waals surface area contributed by atoms with Crippen LogP contribution in [0.4, 0.5) is 0 Å². The van der Waals surface area contributed by atoms with Crippen LogP contribution in [0.3, 0.4) is 0 Å². The highest BCUT2D eigenvalue weighted by atomic mass is 15.4. The predicted molar refractivity (Wildman–Crippen MR) is 126 cm³/mol. The zero-order valence-electron chi connectivity index (χ0n) is 19.4. The third-order valence-corrected chi connectivity index (χ3v) is 6.31. The summed E-state index contributed by atoms with van der Waals surface area (Å²) in [5.74, 6) is 0.544. The van der Waals surface area contributed by atoms with E-state index in [4.69, 9.17) is 10.1 Å². The van der Waals surface area contributed by atoms with Gasteiger partial charge in [0.05, 0.1) is 11.2 Å². The molecule has 4 rings (SSSR count). The first kappa shape index (κ1) is 21.4. The molecule has 0 N–H and O–H groups in total. The number of hydrogen-bond donors (Lipinski definition) is 0. The van der Waals surface area contributed by atoms with Crippen LogP contribution >= 0.6 is 0 Å². The Morgan fingerprint density at radius 2 is 1.77 bits per heavy atom. The molecule has 3 aromatic heterocycles. The molecule has 0 spiro atoms. The normalized spacial score (nSPS) is 11.9. The molecule has 7 nitrogen and oxygen atoms in total. The number of benzene rings is 1. The van der Waals surface area contributed by atoms with Gasteiger partial charge in [-0.2, -0.15) is 10.1 Å². The third-order valence-electron chi connectivity index (χ3n) is 6.31. The number of fused-ring (bicyclic) bond motifs is 3. The van der Waals surface area contributed by atoms with Crippen LogP contribution in [0.5, 0.6) is 0 Å². The van der Waals surface area contributed by atoms with Gasteiger partial charge in [-0.3, -0.25) is 0 Å². The fraction of sp³-hybridized carbons (Fsp3) is 0.500. The first-order chi connectivity index (χ1) is 15.1. The summed E-state index contributed by atoms with van der Waals surface area (Å²) in [6, 6.07) is 8.37. The molecule has 0 saturated heterocycles. The van der Waals surface area contributed by atoms with Gasteiger partial charge < -0.3 is 9.47 Å². The van der Waals surface area contributed by atoms with Crippen molar-refractivity contribution < 1.29 is 0 Å². The Labute approximate surface area is 184 Å². The molecule has 0 fully saturated rings. The van der Waals surface area contributed by atoms with Crippen LogP contribution in [0, 0.1) is 13.8 Å². The van der Waals surface area contributed by atoms with Gasteiger partial charge in [0.2, 0.25) is 0 Å². The molecule has 7 heteroatoms. The predicted octanol–water partition coefficient (Wildman–Crippen LogP) is 4.47. The minimum Gasteiger partial charge on any atom is -0.322 e. The Bertz CT molecular complexity index is 1180. The molecule has 0 atom stereocenters. The van der Waals surface area contributed by atoms with Crippen LogP contribution in [-0.4, -0.2) is 54.1 Å². The fourth-order valence-electron chi connectivity index (χ4n) is 4.38. The standard InChI is InChI=1S/C24H33N7/c1-6-9-12-19-17(4)28-31(18(19)5)24-25-23-22(26-27-24)20-13-10-11-14-21(20)30(23)16-15-29(7-2)8-3/h10-11,13-14H,6-9,12,15-16H2,1-5H3. The minimum atomic E-state index is 0.544. The molecule has 0 aliphatic heterocycles. The van der Waals surface area contributed by atoms with E-state index in [9.17, 15) is 0 Å². The van der Waals surface area contributed by atoms with Crippen molar-refractivity contribution >= 4 is 22.1 Å². The van der Waals surface area contributed by atoms with Crippen molar-refractivity contribution in [1.29, 1.82) is 0 Å². The summed E-state index contributed by atoms with van der Waals surface area (Å²) in [4.78, 5) is 7.41. The first-order valence-electron chi connectivity index (χ1n) is 11.5. The van der Waals surface area contributed by atoms with Crippen molar-refractivity contribution in [2.75, 3.05) is 19.6 Å². The molecular formula is C24H33N7. The Morgan fingerprint density at radius 3 is 2.52 bits per heavy atom. The van der Waals surface area contributed by atoms with E-state index in [1.807, 2.05) is 10.7 Å². The lowest BCUT2D eigenvalue weighted by Crippen LogP contribution is -2.27. The molecule has 0 unspecified atom stereocenters. The number of likely N-dealkylation sites (N-methyl/N-ethyl adjacent to an activating group) is 1. The Kier molecular flexibility index (Phi) is 6.32. The van der Waals surface area contributed by atoms with E-state index >= 15 is 0 Å². The van der Waals surface area contributed by atoms with Gasteiger partial charge in [-0.05, 0) is 51.4 Å². The average molecular weight is 420 g/mol. The van der Waals surface area contributed by atoms with Gasteiger partial charge in [-0.15, -0.1) is 10.2 Å². The summed E-state index contributed by atoms with van der Waals surface area (Å²) in [5, 5.41) is 14.9. The van der Waals surface area contributed by atoms with Crippen molar-refractivity contribution in [2.45, 2.75) is 60.4 Å². The van der Waals surface area contributed by atoms with Crippen LogP contribution in [0.15, 0.2) is 24.3 Å². The lowest BCUT2D eigenvalue weighted by molar-refractivity contribution is 0.293. The van der Waals surface area contributed by atoms with Crippen molar-refractivity contribution in [3.05, 3.63) is 41.2 Å². The first-order valence-corrected chi connectivity index (χ1v) is 11.5. The van der Waals surface area contributed by atoms with Gasteiger partial charge in [-0.1, -0.05) is 45.4 Å². The van der Waals surface area contributed by atoms with Crippen LogP contribution in [-0.2, 0) is 13.0 Å². The topological polar surface area (TPSA) is 64.7 Å². The average Bonchev–Trinajstić information content (AvgIpc) is 3.26. The highest BCUT2D eigenvalue weighted by Gasteiger charge is 2.19. The van der Waals surface area contributed by atoms with Crippen LogP contribution in [0.1, 0.15) is 50.6 Å². The SMILES string of the molecule is CCCCc1c(C)nn(-c2nnc3c4ccccc4n(CCN(CC)CC)c3n2)c1C. The lowest BCUT2D eigenvalue weighted by atomic mass is 10.1. The van der Waals surface area contributed by atoms with Crippen molar-refractivity contribution in [3.8, 4) is 5.95 Å². The van der Waals surface area contributed by atoms with Crippen molar-refractivity contribution in [3.63, 3.8) is 0 Å². The molecule has 0 bridgehead atoms. The quantitative estimate of drug-likeness (QED) is 0.401. The van der Waals surface area contributed by atoms with E-state index < -0.39 is 0 Å². The summed E-state index contributed by atoms with van der Waals surface area (Å²) in [5.41, 5.74) is 6.34. The summed E-state index contributed by atoms with van der Waals surface area (Å²) >= 11 is 0. The number of nitrogens with zero attached hydrogens (tertiary/aromatic N) is 7. The second-order valence-electron chi connectivity index (χ2n) is 8.14. The van der Waals surface area contributed by atoms with Crippen molar-refractivity contribution in [2.24, 2.45) is 0 Å². The molecule has 0 amide bonds. The molecule has 0 aliphatic rings. The lowest BCUT2D eigenvalue weighted by Gasteiger charge is -2.18. The molecule has 164 valence electrons. The summed E-state index contributed by atoms with van der Waals surface area (Å²) < 4.78 is 4.14. The number of rotatable bonds is 9. The van der Waals surface area contributed by atoms with Crippen molar-refractivity contribution in [1.82, 2.24) is 34.4 Å². The molecule has 0 aliphatic carbocycles. The number of aryl methyl sites for hydroxylation is 1. The van der Waals surface area contributed by atoms with Crippen LogP contribution in [0.25, 0.3) is 28.0 Å². The zero-order valence-corrected chi connectivity index (χ0v) is 19.4. The van der Waals surface area contributed by atoms with E-state index in [0.717, 1.165) is 72.5 Å². The molecule has 0 radical (unpaired) electrons. The van der Waals surface area contributed by atoms with E-state index in [0.29, 0.717) is 5.95 Å². The molecule has 31 heavy (non-hydrogen) atoms. The Hall–Kier alpha value is -2.80. The van der Waals surface area contributed by atoms with Gasteiger partial charge in [0.25, 0.3) is 5.95 Å². The van der Waals surface area contributed by atoms with Crippen LogP contribution in [0.2, 0.25) is 0 Å². The maximum absolute atomic E-state index is 4.98. The van der Waals surface area contributed by atoms with Gasteiger partial charge in [-0.25, -0.2) is 4.68 Å². The zero-order chi connectivity index (χ0) is 22.0. The Balaban J connectivity index is 1.82. The van der Waals surface area contributed by atoms with Gasteiger partial charge in [0, 0.05) is 24.2 Å². The second kappa shape index (κ2) is 9.14. The summed E-state index contributed by atoms with van der Waals surface area (Å²) in [7, 11) is 0. The van der Waals surface area contributed by atoms with Gasteiger partial charge in [0.1, 0.15) is 5.52 Å². The van der Waals surface area contributed by atoms with Crippen LogP contribution < -0.4 is 0 Å². The van der Waals surface area contributed by atoms with Gasteiger partial charge >= 0.3 is 0 Å². The van der Waals surface area contributed by atoms with E-state index in [1.54, 1.807) is 0 Å². The van der Waals surface area contributed by atoms with Gasteiger partial charge in [0.15, 0.2) is 5.65 Å². The monoisotopic (exact) mass is 419 g/mol. The van der Waals surface area contributed by atoms with E-state index in [-0.39, 0.29) is 0 Å². The molecule has 1 aromatic carbocycles. The molecule has 3 heterocycles. The fourth-order valence-corrected chi connectivity index (χ4v) is 4.38. The number of aromatic nitrogens is 6. The van der Waals surface area contributed by atoms with E-state index in [1.165, 1.54) is 12.0 Å². The Morgan fingerprint density at radius 1 is 1.00 bits per heavy atom. The third kappa shape index (κ3) is 3.94. The van der Waals surface area contributed by atoms with E-state index in [2.05, 4.69) is 72.5 Å². The highest BCUT2D eigenvalue weighted by Crippen LogP contribution is 2.27. The smallest absolute Gasteiger partial charge is 0.272 e. The largest absolute Gasteiger partial charge is 0.322 e. The minimum absolute atomic E-state index is 0.544. The summed E-state index contributed by atoms with van der Waals surface area (Å²) in [6.45, 7) is 14.7. The molecule has 0 saturated carbocycles.